The molecule has 0 aromatic heterocycles. The fourth-order valence-electron chi connectivity index (χ4n) is 4.39. The van der Waals surface area contributed by atoms with Gasteiger partial charge in [0.05, 0.1) is 12.1 Å². The van der Waals surface area contributed by atoms with Crippen LogP contribution in [0.1, 0.15) is 72.6 Å². The highest BCUT2D eigenvalue weighted by Crippen LogP contribution is 2.37. The molecule has 154 valence electrons. The summed E-state index contributed by atoms with van der Waals surface area (Å²) in [7, 11) is 0. The molecule has 2 atom stereocenters. The quantitative estimate of drug-likeness (QED) is 0.515. The number of nitrogens with one attached hydrogen (secondary N) is 2. The summed E-state index contributed by atoms with van der Waals surface area (Å²) in [5.41, 5.74) is -1.07. The topological polar surface area (TPSA) is 86.2 Å². The summed E-state index contributed by atoms with van der Waals surface area (Å²) >= 11 is 0. The normalized spacial score (nSPS) is 29.9. The molecule has 3 rings (SSSR count). The lowest BCUT2D eigenvalue weighted by Gasteiger charge is -2.40. The van der Waals surface area contributed by atoms with E-state index in [9.17, 15) is 9.90 Å². The Morgan fingerprint density at radius 2 is 1.89 bits per heavy atom. The number of rotatable bonds is 4. The molecule has 1 amide bonds. The molecular formula is C20H36N4O3. The predicted octanol–water partition coefficient (Wildman–Crippen LogP) is 2.39. The second-order valence-electron chi connectivity index (χ2n) is 9.36. The Morgan fingerprint density at radius 3 is 2.37 bits per heavy atom. The van der Waals surface area contributed by atoms with Gasteiger partial charge in [-0.25, -0.2) is 4.79 Å². The Labute approximate surface area is 162 Å². The first-order chi connectivity index (χ1) is 12.7. The molecule has 7 heteroatoms. The Hall–Kier alpha value is -1.50. The number of aliphatic hydroxyl groups is 1. The van der Waals surface area contributed by atoms with Gasteiger partial charge in [-0.05, 0) is 72.6 Å². The van der Waals surface area contributed by atoms with Crippen LogP contribution in [0, 0.1) is 0 Å². The molecule has 2 aliphatic heterocycles. The molecule has 0 aromatic rings. The van der Waals surface area contributed by atoms with E-state index < -0.39 is 11.2 Å². The number of fused-ring (bicyclic) bond motifs is 2. The highest BCUT2D eigenvalue weighted by Gasteiger charge is 2.45. The molecule has 3 aliphatic rings. The van der Waals surface area contributed by atoms with Crippen LogP contribution in [0.3, 0.4) is 0 Å². The van der Waals surface area contributed by atoms with E-state index in [1.807, 2.05) is 32.6 Å². The number of hydrogen-bond acceptors (Lipinski definition) is 4. The van der Waals surface area contributed by atoms with E-state index in [1.54, 1.807) is 0 Å². The highest BCUT2D eigenvalue weighted by molar-refractivity contribution is 5.80. The van der Waals surface area contributed by atoms with Crippen LogP contribution in [0.4, 0.5) is 4.79 Å². The Balaban J connectivity index is 1.58. The first-order valence-corrected chi connectivity index (χ1v) is 10.5. The van der Waals surface area contributed by atoms with Crippen LogP contribution in [0.15, 0.2) is 4.99 Å². The Morgan fingerprint density at radius 1 is 1.26 bits per heavy atom. The van der Waals surface area contributed by atoms with Crippen molar-refractivity contribution in [2.45, 2.75) is 102 Å². The standard InChI is InChI=1S/C20H36N4O3/c1-5-21-17(22-13-20(26)9-6-10-20)23-14-11-15-7-8-16(12-14)24(15)18(25)27-19(2,3)4/h14-16,26H,5-13H2,1-4H3,(H2,21,22,23). The van der Waals surface area contributed by atoms with Crippen molar-refractivity contribution in [2.75, 3.05) is 13.1 Å². The van der Waals surface area contributed by atoms with E-state index in [4.69, 9.17) is 4.74 Å². The van der Waals surface area contributed by atoms with E-state index in [-0.39, 0.29) is 24.2 Å². The van der Waals surface area contributed by atoms with Gasteiger partial charge in [0.1, 0.15) is 5.60 Å². The van der Waals surface area contributed by atoms with Gasteiger partial charge in [0.15, 0.2) is 5.96 Å². The zero-order valence-electron chi connectivity index (χ0n) is 17.3. The number of aliphatic imine (C=N–C) groups is 1. The summed E-state index contributed by atoms with van der Waals surface area (Å²) in [5.74, 6) is 0.771. The Kier molecular flexibility index (Phi) is 5.89. The van der Waals surface area contributed by atoms with Crippen molar-refractivity contribution in [3.8, 4) is 0 Å². The van der Waals surface area contributed by atoms with Gasteiger partial charge < -0.3 is 25.4 Å². The largest absolute Gasteiger partial charge is 0.444 e. The summed E-state index contributed by atoms with van der Waals surface area (Å²) in [4.78, 5) is 19.2. The van der Waals surface area contributed by atoms with Gasteiger partial charge in [0.25, 0.3) is 0 Å². The van der Waals surface area contributed by atoms with E-state index in [0.29, 0.717) is 6.54 Å². The molecule has 2 saturated heterocycles. The number of guanidine groups is 1. The van der Waals surface area contributed by atoms with Gasteiger partial charge in [-0.2, -0.15) is 0 Å². The van der Waals surface area contributed by atoms with Gasteiger partial charge in [-0.15, -0.1) is 0 Å². The van der Waals surface area contributed by atoms with Crippen molar-refractivity contribution >= 4 is 12.1 Å². The van der Waals surface area contributed by atoms with Crippen molar-refractivity contribution in [1.82, 2.24) is 15.5 Å². The second-order valence-corrected chi connectivity index (χ2v) is 9.36. The van der Waals surface area contributed by atoms with Crippen molar-refractivity contribution in [3.05, 3.63) is 0 Å². The number of carbonyl (C=O) groups is 1. The fourth-order valence-corrected chi connectivity index (χ4v) is 4.39. The number of hydrogen-bond donors (Lipinski definition) is 3. The van der Waals surface area contributed by atoms with Crippen molar-refractivity contribution < 1.29 is 14.6 Å². The molecule has 7 nitrogen and oxygen atoms in total. The van der Waals surface area contributed by atoms with E-state index >= 15 is 0 Å². The summed E-state index contributed by atoms with van der Waals surface area (Å²) in [6, 6.07) is 0.750. The molecule has 0 aromatic carbocycles. The lowest BCUT2D eigenvalue weighted by molar-refractivity contribution is -0.0237. The number of piperidine rings is 1. The predicted molar refractivity (Wildman–Crippen MR) is 106 cm³/mol. The van der Waals surface area contributed by atoms with Crippen LogP contribution in [0.2, 0.25) is 0 Å². The van der Waals surface area contributed by atoms with Gasteiger partial charge >= 0.3 is 6.09 Å². The number of ether oxygens (including phenoxy) is 1. The van der Waals surface area contributed by atoms with E-state index in [0.717, 1.165) is 57.5 Å². The average molecular weight is 381 g/mol. The van der Waals surface area contributed by atoms with Crippen LogP contribution >= 0.6 is 0 Å². The van der Waals surface area contributed by atoms with Crippen LogP contribution in [0.25, 0.3) is 0 Å². The summed E-state index contributed by atoms with van der Waals surface area (Å²) in [5, 5.41) is 17.1. The van der Waals surface area contributed by atoms with Crippen molar-refractivity contribution in [3.63, 3.8) is 0 Å². The fraction of sp³-hybridized carbons (Fsp3) is 0.900. The lowest BCUT2D eigenvalue weighted by Crippen LogP contribution is -2.55. The monoisotopic (exact) mass is 380 g/mol. The molecule has 2 bridgehead atoms. The minimum Gasteiger partial charge on any atom is -0.444 e. The minimum atomic E-state index is -0.610. The van der Waals surface area contributed by atoms with Crippen LogP contribution in [0.5, 0.6) is 0 Å². The molecule has 3 fully saturated rings. The number of nitrogens with zero attached hydrogens (tertiary/aromatic N) is 2. The van der Waals surface area contributed by atoms with Gasteiger partial charge in [0, 0.05) is 24.7 Å². The van der Waals surface area contributed by atoms with E-state index in [2.05, 4.69) is 15.6 Å². The number of carbonyl (C=O) groups excluding carboxylic acids is 1. The zero-order valence-corrected chi connectivity index (χ0v) is 17.3. The van der Waals surface area contributed by atoms with Gasteiger partial charge in [-0.3, -0.25) is 4.99 Å². The maximum absolute atomic E-state index is 12.6. The summed E-state index contributed by atoms with van der Waals surface area (Å²) in [6.07, 6.45) is 6.48. The van der Waals surface area contributed by atoms with Crippen LogP contribution in [-0.4, -0.2) is 64.5 Å². The second kappa shape index (κ2) is 7.86. The highest BCUT2D eigenvalue weighted by atomic mass is 16.6. The Bertz CT molecular complexity index is 554. The molecule has 0 spiro atoms. The zero-order chi connectivity index (χ0) is 19.7. The van der Waals surface area contributed by atoms with Crippen molar-refractivity contribution in [1.29, 1.82) is 0 Å². The van der Waals surface area contributed by atoms with Crippen LogP contribution < -0.4 is 10.6 Å². The van der Waals surface area contributed by atoms with Gasteiger partial charge in [-0.1, -0.05) is 0 Å². The third-order valence-electron chi connectivity index (χ3n) is 5.84. The van der Waals surface area contributed by atoms with Crippen molar-refractivity contribution in [2.24, 2.45) is 4.99 Å². The molecule has 2 unspecified atom stereocenters. The van der Waals surface area contributed by atoms with Crippen LogP contribution in [-0.2, 0) is 4.74 Å². The summed E-state index contributed by atoms with van der Waals surface area (Å²) in [6.45, 7) is 9.02. The smallest absolute Gasteiger partial charge is 0.410 e. The first kappa shape index (κ1) is 20.2. The maximum Gasteiger partial charge on any atom is 0.410 e. The van der Waals surface area contributed by atoms with Gasteiger partial charge in [0.2, 0.25) is 0 Å². The van der Waals surface area contributed by atoms with E-state index in [1.165, 1.54) is 0 Å². The molecule has 1 saturated carbocycles. The molecular weight excluding hydrogens is 344 g/mol. The summed E-state index contributed by atoms with van der Waals surface area (Å²) < 4.78 is 5.61. The molecule has 27 heavy (non-hydrogen) atoms. The third kappa shape index (κ3) is 5.06. The lowest BCUT2D eigenvalue weighted by atomic mass is 9.80. The third-order valence-corrected chi connectivity index (χ3v) is 5.84. The molecule has 3 N–H and O–H groups in total. The maximum atomic E-state index is 12.6. The molecule has 1 aliphatic carbocycles. The average Bonchev–Trinajstić information content (AvgIpc) is 2.81. The first-order valence-electron chi connectivity index (χ1n) is 10.5. The number of amides is 1. The minimum absolute atomic E-state index is 0.179. The SMILES string of the molecule is CCNC(=NCC1(O)CCC1)NC1CC2CCC(C1)N2C(=O)OC(C)(C)C. The molecule has 0 radical (unpaired) electrons. The molecule has 2 heterocycles.